The van der Waals surface area contributed by atoms with E-state index in [1.165, 1.54) is 0 Å². The second-order valence-corrected chi connectivity index (χ2v) is 13.0. The van der Waals surface area contributed by atoms with Crippen LogP contribution in [0, 0.1) is 0 Å². The highest BCUT2D eigenvalue weighted by atomic mass is 16.3. The fourth-order valence-corrected chi connectivity index (χ4v) is 7.55. The lowest BCUT2D eigenvalue weighted by Crippen LogP contribution is -2.01. The van der Waals surface area contributed by atoms with Crippen LogP contribution in [0.5, 0.6) is 0 Å². The molecule has 0 spiro atoms. The molecule has 0 aliphatic carbocycles. The van der Waals surface area contributed by atoms with E-state index in [1.807, 2.05) is 72.9 Å². The van der Waals surface area contributed by atoms with Gasteiger partial charge in [0.2, 0.25) is 0 Å². The predicted octanol–water partition coefficient (Wildman–Crippen LogP) is 12.0. The van der Waals surface area contributed by atoms with E-state index in [0.717, 1.165) is 93.4 Å². The lowest BCUT2D eigenvalue weighted by atomic mass is 9.95. The molecule has 6 heteroatoms. The SMILES string of the molecule is c1ccc(-c2nc(-c3cc(-c4nccc5oc6cc7ccccc7cc6c45)c4ccccc4c3)nc(-c3cccc4oc5ccccc5c34)n2)cc1. The number of hydrogen-bond donors (Lipinski definition) is 0. The second kappa shape index (κ2) is 11.2. The normalized spacial score (nSPS) is 11.8. The van der Waals surface area contributed by atoms with E-state index in [9.17, 15) is 0 Å². The number of para-hydroxylation sites is 1. The molecule has 11 rings (SSSR count). The first-order chi connectivity index (χ1) is 25.7. The van der Waals surface area contributed by atoms with Crippen LogP contribution in [0.25, 0.3) is 111 Å². The Bertz CT molecular complexity index is 3200. The molecule has 0 unspecified atom stereocenters. The molecule has 0 fully saturated rings. The van der Waals surface area contributed by atoms with Crippen molar-refractivity contribution in [2.24, 2.45) is 0 Å². The Hall–Kier alpha value is -7.18. The highest BCUT2D eigenvalue weighted by Gasteiger charge is 2.21. The summed E-state index contributed by atoms with van der Waals surface area (Å²) in [6, 6.07) is 51.5. The molecule has 242 valence electrons. The minimum atomic E-state index is 0.566. The summed E-state index contributed by atoms with van der Waals surface area (Å²) in [7, 11) is 0. The van der Waals surface area contributed by atoms with Gasteiger partial charge < -0.3 is 8.83 Å². The molecule has 0 saturated carbocycles. The number of pyridine rings is 1. The van der Waals surface area contributed by atoms with E-state index in [4.69, 9.17) is 28.8 Å². The van der Waals surface area contributed by atoms with Crippen molar-refractivity contribution < 1.29 is 8.83 Å². The number of benzene rings is 7. The van der Waals surface area contributed by atoms with Crippen LogP contribution in [0.1, 0.15) is 0 Å². The Labute approximate surface area is 296 Å². The zero-order valence-electron chi connectivity index (χ0n) is 27.6. The number of aromatic nitrogens is 4. The summed E-state index contributed by atoms with van der Waals surface area (Å²) in [5.74, 6) is 1.73. The van der Waals surface area contributed by atoms with Crippen molar-refractivity contribution in [3.63, 3.8) is 0 Å². The van der Waals surface area contributed by atoms with Gasteiger partial charge in [-0.1, -0.05) is 109 Å². The fourth-order valence-electron chi connectivity index (χ4n) is 7.55. The standard InChI is InChI=1S/C46H26N4O2/c1-2-11-27(12-3-1)44-48-45(50-46(49-44)34-18-10-20-38-41(34)33-17-8-9-19-37(33)51-38)31-23-30-15-6-7-16-32(30)35(25-31)43-42-36-24-28-13-4-5-14-29(28)26-40(36)52-39(42)21-22-47-43/h1-26H. The summed E-state index contributed by atoms with van der Waals surface area (Å²) in [4.78, 5) is 20.4. The van der Waals surface area contributed by atoms with Crippen LogP contribution in [0.2, 0.25) is 0 Å². The third-order valence-corrected chi connectivity index (χ3v) is 9.94. The molecule has 52 heavy (non-hydrogen) atoms. The van der Waals surface area contributed by atoms with Crippen molar-refractivity contribution in [3.05, 3.63) is 158 Å². The van der Waals surface area contributed by atoms with Crippen molar-refractivity contribution in [3.8, 4) is 45.4 Å². The topological polar surface area (TPSA) is 77.8 Å². The van der Waals surface area contributed by atoms with Gasteiger partial charge in [0.05, 0.1) is 11.1 Å². The van der Waals surface area contributed by atoms with Crippen molar-refractivity contribution in [1.82, 2.24) is 19.9 Å². The van der Waals surface area contributed by atoms with E-state index in [-0.39, 0.29) is 0 Å². The zero-order chi connectivity index (χ0) is 34.2. The Balaban J connectivity index is 1.19. The maximum absolute atomic E-state index is 6.46. The third-order valence-electron chi connectivity index (χ3n) is 9.94. The average Bonchev–Trinajstić information content (AvgIpc) is 3.78. The summed E-state index contributed by atoms with van der Waals surface area (Å²) in [5.41, 5.74) is 7.69. The van der Waals surface area contributed by atoms with Crippen LogP contribution in [-0.2, 0) is 0 Å². The van der Waals surface area contributed by atoms with Crippen molar-refractivity contribution >= 4 is 65.4 Å². The lowest BCUT2D eigenvalue weighted by molar-refractivity contribution is 0.668. The molecule has 0 aliphatic rings. The van der Waals surface area contributed by atoms with Crippen molar-refractivity contribution in [1.29, 1.82) is 0 Å². The first-order valence-corrected chi connectivity index (χ1v) is 17.2. The second-order valence-electron chi connectivity index (χ2n) is 13.0. The first kappa shape index (κ1) is 28.6. The van der Waals surface area contributed by atoms with Gasteiger partial charge in [-0.2, -0.15) is 0 Å². The maximum Gasteiger partial charge on any atom is 0.164 e. The van der Waals surface area contributed by atoms with E-state index in [1.54, 1.807) is 0 Å². The molecule has 7 aromatic carbocycles. The van der Waals surface area contributed by atoms with E-state index >= 15 is 0 Å². The van der Waals surface area contributed by atoms with Gasteiger partial charge >= 0.3 is 0 Å². The third kappa shape index (κ3) is 4.44. The summed E-state index contributed by atoms with van der Waals surface area (Å²) >= 11 is 0. The van der Waals surface area contributed by atoms with Gasteiger partial charge in [0.15, 0.2) is 17.5 Å². The molecule has 0 bridgehead atoms. The van der Waals surface area contributed by atoms with Crippen LogP contribution >= 0.6 is 0 Å². The van der Waals surface area contributed by atoms with Crippen molar-refractivity contribution in [2.75, 3.05) is 0 Å². The molecule has 4 heterocycles. The number of fused-ring (bicyclic) bond motifs is 8. The molecule has 0 amide bonds. The van der Waals surface area contributed by atoms with Crippen LogP contribution in [-0.4, -0.2) is 19.9 Å². The molecular formula is C46H26N4O2. The van der Waals surface area contributed by atoms with Crippen molar-refractivity contribution in [2.45, 2.75) is 0 Å². The molecule has 0 atom stereocenters. The summed E-state index contributed by atoms with van der Waals surface area (Å²) in [6.45, 7) is 0. The minimum absolute atomic E-state index is 0.566. The summed E-state index contributed by atoms with van der Waals surface area (Å²) in [5, 5.41) is 8.41. The Morgan fingerprint density at radius 1 is 0.365 bits per heavy atom. The smallest absolute Gasteiger partial charge is 0.164 e. The Morgan fingerprint density at radius 3 is 1.88 bits per heavy atom. The fraction of sp³-hybridized carbons (Fsp3) is 0. The Morgan fingerprint density at radius 2 is 1.02 bits per heavy atom. The largest absolute Gasteiger partial charge is 0.456 e. The predicted molar refractivity (Wildman–Crippen MR) is 209 cm³/mol. The highest BCUT2D eigenvalue weighted by Crippen LogP contribution is 2.42. The zero-order valence-corrected chi connectivity index (χ0v) is 27.6. The maximum atomic E-state index is 6.46. The summed E-state index contributed by atoms with van der Waals surface area (Å²) < 4.78 is 12.7. The van der Waals surface area contributed by atoms with E-state index in [2.05, 4.69) is 84.9 Å². The quantitative estimate of drug-likeness (QED) is 0.186. The first-order valence-electron chi connectivity index (χ1n) is 17.2. The number of hydrogen-bond acceptors (Lipinski definition) is 6. The number of rotatable bonds is 4. The number of furan rings is 2. The Kier molecular flexibility index (Phi) is 6.15. The molecule has 0 radical (unpaired) electrons. The van der Waals surface area contributed by atoms with Gasteiger partial charge in [-0.05, 0) is 64.0 Å². The molecule has 0 N–H and O–H groups in total. The van der Waals surface area contributed by atoms with Crippen LogP contribution in [0.3, 0.4) is 0 Å². The molecule has 11 aromatic rings. The van der Waals surface area contributed by atoms with Gasteiger partial charge in [-0.15, -0.1) is 0 Å². The van der Waals surface area contributed by atoms with Crippen LogP contribution < -0.4 is 0 Å². The number of nitrogens with zero attached hydrogens (tertiary/aromatic N) is 4. The molecular weight excluding hydrogens is 641 g/mol. The van der Waals surface area contributed by atoms with Crippen LogP contribution in [0.4, 0.5) is 0 Å². The van der Waals surface area contributed by atoms with Gasteiger partial charge in [0.1, 0.15) is 22.3 Å². The van der Waals surface area contributed by atoms with Gasteiger partial charge in [0, 0.05) is 44.6 Å². The molecule has 0 aliphatic heterocycles. The van der Waals surface area contributed by atoms with E-state index in [0.29, 0.717) is 17.5 Å². The molecule has 6 nitrogen and oxygen atoms in total. The van der Waals surface area contributed by atoms with E-state index < -0.39 is 0 Å². The summed E-state index contributed by atoms with van der Waals surface area (Å²) in [6.07, 6.45) is 1.83. The molecule has 4 aromatic heterocycles. The molecule has 0 saturated heterocycles. The van der Waals surface area contributed by atoms with Gasteiger partial charge in [-0.25, -0.2) is 15.0 Å². The lowest BCUT2D eigenvalue weighted by Gasteiger charge is -2.13. The average molecular weight is 667 g/mol. The van der Waals surface area contributed by atoms with Gasteiger partial charge in [-0.3, -0.25) is 4.98 Å². The minimum Gasteiger partial charge on any atom is -0.456 e. The van der Waals surface area contributed by atoms with Gasteiger partial charge in [0.25, 0.3) is 0 Å². The monoisotopic (exact) mass is 666 g/mol. The highest BCUT2D eigenvalue weighted by molar-refractivity contribution is 6.17. The van der Waals surface area contributed by atoms with Crippen LogP contribution in [0.15, 0.2) is 167 Å².